The van der Waals surface area contributed by atoms with Crippen LogP contribution in [0.3, 0.4) is 0 Å². The van der Waals surface area contributed by atoms with Crippen LogP contribution in [0.15, 0.2) is 36.4 Å². The maximum atomic E-state index is 12.8. The molecule has 7 nitrogen and oxygen atoms in total. The average Bonchev–Trinajstić information content (AvgIpc) is 3.28. The first kappa shape index (κ1) is 19.2. The summed E-state index contributed by atoms with van der Waals surface area (Å²) in [6, 6.07) is 11.0. The number of nitrogens with zero attached hydrogens (tertiary/aromatic N) is 2. The molecule has 29 heavy (non-hydrogen) atoms. The van der Waals surface area contributed by atoms with Crippen molar-refractivity contribution in [2.24, 2.45) is 5.92 Å². The molecule has 1 unspecified atom stereocenters. The smallest absolute Gasteiger partial charge is 0.229 e. The Balaban J connectivity index is 1.52. The number of aromatic nitrogens is 1. The number of ether oxygens (including phenoxy) is 2. The standard InChI is InChI=1S/C21H21N3O4S/c1-12-22-17-9-14(4-7-19(17)29-12)24-11-13(8-20(24)25)21(26)23-16-10-15(27-2)5-6-18(16)28-3/h4-7,9-10,13H,8,11H2,1-3H3,(H,23,26). The number of rotatable bonds is 5. The fourth-order valence-electron chi connectivity index (χ4n) is 3.48. The van der Waals surface area contributed by atoms with E-state index in [0.717, 1.165) is 20.9 Å². The van der Waals surface area contributed by atoms with Gasteiger partial charge in [-0.25, -0.2) is 4.98 Å². The fraction of sp³-hybridized carbons (Fsp3) is 0.286. The summed E-state index contributed by atoms with van der Waals surface area (Å²) in [5, 5.41) is 3.85. The van der Waals surface area contributed by atoms with E-state index in [1.807, 2.05) is 25.1 Å². The minimum absolute atomic E-state index is 0.0749. The van der Waals surface area contributed by atoms with Gasteiger partial charge >= 0.3 is 0 Å². The quantitative estimate of drug-likeness (QED) is 0.694. The van der Waals surface area contributed by atoms with Gasteiger partial charge in [0.2, 0.25) is 11.8 Å². The lowest BCUT2D eigenvalue weighted by molar-refractivity contribution is -0.122. The van der Waals surface area contributed by atoms with E-state index in [2.05, 4.69) is 10.3 Å². The highest BCUT2D eigenvalue weighted by Gasteiger charge is 2.35. The first-order chi connectivity index (χ1) is 14.0. The van der Waals surface area contributed by atoms with Crippen LogP contribution in [0, 0.1) is 12.8 Å². The van der Waals surface area contributed by atoms with Crippen LogP contribution in [0.5, 0.6) is 11.5 Å². The van der Waals surface area contributed by atoms with E-state index in [1.165, 1.54) is 7.11 Å². The molecule has 1 saturated heterocycles. The molecule has 1 N–H and O–H groups in total. The molecule has 2 aromatic carbocycles. The predicted molar refractivity (Wildman–Crippen MR) is 113 cm³/mol. The van der Waals surface area contributed by atoms with E-state index in [0.29, 0.717) is 23.7 Å². The first-order valence-corrected chi connectivity index (χ1v) is 10.0. The third-order valence-electron chi connectivity index (χ3n) is 4.95. The van der Waals surface area contributed by atoms with E-state index in [9.17, 15) is 9.59 Å². The SMILES string of the molecule is COc1ccc(OC)c(NC(=O)C2CC(=O)N(c3ccc4sc(C)nc4c3)C2)c1. The summed E-state index contributed by atoms with van der Waals surface area (Å²) in [5.41, 5.74) is 2.15. The van der Waals surface area contributed by atoms with Gasteiger partial charge in [-0.1, -0.05) is 0 Å². The van der Waals surface area contributed by atoms with Crippen molar-refractivity contribution in [2.75, 3.05) is 31.0 Å². The molecule has 0 aliphatic carbocycles. The number of carbonyl (C=O) groups excluding carboxylic acids is 2. The topological polar surface area (TPSA) is 80.8 Å². The van der Waals surface area contributed by atoms with E-state index in [1.54, 1.807) is 41.5 Å². The lowest BCUT2D eigenvalue weighted by Gasteiger charge is -2.17. The Hall–Kier alpha value is -3.13. The van der Waals surface area contributed by atoms with Gasteiger partial charge in [0.05, 0.1) is 41.0 Å². The largest absolute Gasteiger partial charge is 0.497 e. The van der Waals surface area contributed by atoms with Gasteiger partial charge in [-0.2, -0.15) is 0 Å². The summed E-state index contributed by atoms with van der Waals surface area (Å²) in [5.74, 6) is 0.389. The summed E-state index contributed by atoms with van der Waals surface area (Å²) in [4.78, 5) is 31.6. The second-order valence-electron chi connectivity index (χ2n) is 6.85. The Kier molecular flexibility index (Phi) is 5.10. The third kappa shape index (κ3) is 3.75. The zero-order chi connectivity index (χ0) is 20.5. The predicted octanol–water partition coefficient (Wildman–Crippen LogP) is 3.61. The van der Waals surface area contributed by atoms with Crippen molar-refractivity contribution in [1.29, 1.82) is 0 Å². The Morgan fingerprint density at radius 3 is 2.79 bits per heavy atom. The van der Waals surface area contributed by atoms with Crippen molar-refractivity contribution >= 4 is 44.7 Å². The molecule has 0 bridgehead atoms. The maximum absolute atomic E-state index is 12.8. The summed E-state index contributed by atoms with van der Waals surface area (Å²) >= 11 is 1.62. The molecule has 1 aromatic heterocycles. The van der Waals surface area contributed by atoms with Gasteiger partial charge in [0.1, 0.15) is 11.5 Å². The number of aryl methyl sites for hydroxylation is 1. The Bertz CT molecular complexity index is 1090. The van der Waals surface area contributed by atoms with Gasteiger partial charge in [0.15, 0.2) is 0 Å². The number of methoxy groups -OCH3 is 2. The maximum Gasteiger partial charge on any atom is 0.229 e. The Morgan fingerprint density at radius 2 is 2.03 bits per heavy atom. The van der Waals surface area contributed by atoms with Gasteiger partial charge in [-0.15, -0.1) is 11.3 Å². The number of carbonyl (C=O) groups is 2. The molecule has 150 valence electrons. The monoisotopic (exact) mass is 411 g/mol. The molecule has 1 atom stereocenters. The van der Waals surface area contributed by atoms with E-state index < -0.39 is 5.92 Å². The number of amides is 2. The molecule has 0 saturated carbocycles. The number of hydrogen-bond donors (Lipinski definition) is 1. The summed E-state index contributed by atoms with van der Waals surface area (Å²) in [6.07, 6.45) is 0.159. The van der Waals surface area contributed by atoms with Gasteiger partial charge in [-0.3, -0.25) is 9.59 Å². The number of anilines is 2. The Morgan fingerprint density at radius 1 is 1.21 bits per heavy atom. The van der Waals surface area contributed by atoms with E-state index in [4.69, 9.17) is 9.47 Å². The molecule has 2 heterocycles. The second-order valence-corrected chi connectivity index (χ2v) is 8.08. The summed E-state index contributed by atoms with van der Waals surface area (Å²) in [6.45, 7) is 2.28. The Labute approximate surface area is 172 Å². The van der Waals surface area contributed by atoms with Gasteiger partial charge < -0.3 is 19.7 Å². The van der Waals surface area contributed by atoms with Gasteiger partial charge in [0, 0.05) is 24.7 Å². The van der Waals surface area contributed by atoms with Crippen LogP contribution < -0.4 is 19.7 Å². The molecule has 0 radical (unpaired) electrons. The van der Waals surface area contributed by atoms with Crippen molar-refractivity contribution in [3.63, 3.8) is 0 Å². The first-order valence-electron chi connectivity index (χ1n) is 9.19. The molecular formula is C21H21N3O4S. The molecule has 1 aliphatic heterocycles. The molecule has 0 spiro atoms. The molecule has 4 rings (SSSR count). The van der Waals surface area contributed by atoms with Crippen LogP contribution in [-0.4, -0.2) is 37.6 Å². The zero-order valence-corrected chi connectivity index (χ0v) is 17.2. The van der Waals surface area contributed by atoms with Crippen LogP contribution in [0.2, 0.25) is 0 Å². The van der Waals surface area contributed by atoms with Crippen molar-refractivity contribution in [3.8, 4) is 11.5 Å². The summed E-state index contributed by atoms with van der Waals surface area (Å²) in [7, 11) is 3.09. The van der Waals surface area contributed by atoms with Crippen LogP contribution in [0.25, 0.3) is 10.2 Å². The highest BCUT2D eigenvalue weighted by atomic mass is 32.1. The average molecular weight is 411 g/mol. The van der Waals surface area contributed by atoms with Crippen molar-refractivity contribution in [3.05, 3.63) is 41.4 Å². The number of fused-ring (bicyclic) bond motifs is 1. The van der Waals surface area contributed by atoms with Crippen LogP contribution in [0.1, 0.15) is 11.4 Å². The van der Waals surface area contributed by atoms with Crippen molar-refractivity contribution in [2.45, 2.75) is 13.3 Å². The number of thiazole rings is 1. The molecule has 8 heteroatoms. The number of hydrogen-bond acceptors (Lipinski definition) is 6. The van der Waals surface area contributed by atoms with E-state index in [-0.39, 0.29) is 18.2 Å². The van der Waals surface area contributed by atoms with Crippen LogP contribution in [0.4, 0.5) is 11.4 Å². The molecule has 1 fully saturated rings. The minimum atomic E-state index is -0.453. The molecular weight excluding hydrogens is 390 g/mol. The highest BCUT2D eigenvalue weighted by Crippen LogP contribution is 2.32. The van der Waals surface area contributed by atoms with Crippen LogP contribution in [-0.2, 0) is 9.59 Å². The fourth-order valence-corrected chi connectivity index (χ4v) is 4.29. The van der Waals surface area contributed by atoms with Crippen molar-refractivity contribution in [1.82, 2.24) is 4.98 Å². The summed E-state index contributed by atoms with van der Waals surface area (Å²) < 4.78 is 11.6. The lowest BCUT2D eigenvalue weighted by Crippen LogP contribution is -2.28. The highest BCUT2D eigenvalue weighted by molar-refractivity contribution is 7.18. The van der Waals surface area contributed by atoms with Crippen LogP contribution >= 0.6 is 11.3 Å². The van der Waals surface area contributed by atoms with Gasteiger partial charge in [-0.05, 0) is 37.3 Å². The van der Waals surface area contributed by atoms with E-state index >= 15 is 0 Å². The van der Waals surface area contributed by atoms with Crippen molar-refractivity contribution < 1.29 is 19.1 Å². The minimum Gasteiger partial charge on any atom is -0.497 e. The number of nitrogens with one attached hydrogen (secondary N) is 1. The molecule has 2 amide bonds. The lowest BCUT2D eigenvalue weighted by atomic mass is 10.1. The normalized spacial score (nSPS) is 16.3. The number of benzene rings is 2. The molecule has 1 aliphatic rings. The second kappa shape index (κ2) is 7.71. The molecule has 3 aromatic rings. The van der Waals surface area contributed by atoms with Gasteiger partial charge in [0.25, 0.3) is 0 Å². The third-order valence-corrected chi connectivity index (χ3v) is 5.90. The zero-order valence-electron chi connectivity index (χ0n) is 16.4.